The van der Waals surface area contributed by atoms with Crippen molar-refractivity contribution in [2.24, 2.45) is 0 Å². The van der Waals surface area contributed by atoms with Crippen LogP contribution < -0.4 is 4.72 Å². The summed E-state index contributed by atoms with van der Waals surface area (Å²) >= 11 is 3.26. The van der Waals surface area contributed by atoms with Gasteiger partial charge in [-0.1, -0.05) is 21.1 Å². The molecule has 6 nitrogen and oxygen atoms in total. The number of nitrogens with one attached hydrogen (secondary N) is 1. The third-order valence-corrected chi connectivity index (χ3v) is 4.74. The summed E-state index contributed by atoms with van der Waals surface area (Å²) < 4.78 is 32.7. The van der Waals surface area contributed by atoms with Gasteiger partial charge < -0.3 is 4.52 Å². The molecule has 0 aliphatic rings. The van der Waals surface area contributed by atoms with Crippen LogP contribution in [-0.2, 0) is 10.0 Å². The molecule has 0 bridgehead atoms. The van der Waals surface area contributed by atoms with Crippen LogP contribution in [0.15, 0.2) is 68.7 Å². The molecule has 1 N–H and O–H groups in total. The smallest absolute Gasteiger partial charge is 0.264 e. The maximum atomic E-state index is 12.2. The number of rotatable bonds is 4. The van der Waals surface area contributed by atoms with Crippen LogP contribution in [0.3, 0.4) is 0 Å². The van der Waals surface area contributed by atoms with Crippen molar-refractivity contribution >= 4 is 31.8 Å². The highest BCUT2D eigenvalue weighted by Gasteiger charge is 2.17. The Morgan fingerprint density at radius 1 is 1.05 bits per heavy atom. The van der Waals surface area contributed by atoms with E-state index in [9.17, 15) is 8.42 Å². The van der Waals surface area contributed by atoms with Gasteiger partial charge in [-0.2, -0.15) is 0 Å². The third-order valence-electron chi connectivity index (χ3n) is 2.85. The Balaban J connectivity index is 1.84. The number of nitrogens with zero attached hydrogens (tertiary/aromatic N) is 2. The number of hydrogen-bond acceptors (Lipinski definition) is 5. The van der Waals surface area contributed by atoms with E-state index in [2.05, 4.69) is 30.8 Å². The molecule has 2 aromatic heterocycles. The van der Waals surface area contributed by atoms with Crippen LogP contribution in [0.25, 0.3) is 11.3 Å². The second kappa shape index (κ2) is 5.90. The minimum atomic E-state index is -3.72. The highest BCUT2D eigenvalue weighted by Crippen LogP contribution is 2.23. The third kappa shape index (κ3) is 3.18. The lowest BCUT2D eigenvalue weighted by Crippen LogP contribution is -2.12. The average molecular weight is 380 g/mol. The first kappa shape index (κ1) is 14.7. The number of halogens is 1. The molecule has 0 radical (unpaired) electrons. The summed E-state index contributed by atoms with van der Waals surface area (Å²) in [4.78, 5) is 4.05. The van der Waals surface area contributed by atoms with Crippen molar-refractivity contribution in [3.8, 4) is 11.3 Å². The Morgan fingerprint density at radius 2 is 1.73 bits per heavy atom. The summed E-state index contributed by atoms with van der Waals surface area (Å²) in [6.07, 6.45) is 3.24. The molecule has 0 saturated carbocycles. The van der Waals surface area contributed by atoms with Crippen LogP contribution in [0.1, 0.15) is 0 Å². The van der Waals surface area contributed by atoms with E-state index in [1.165, 1.54) is 18.2 Å². The van der Waals surface area contributed by atoms with Crippen LogP contribution in [0.2, 0.25) is 0 Å². The molecule has 22 heavy (non-hydrogen) atoms. The molecule has 0 aliphatic heterocycles. The summed E-state index contributed by atoms with van der Waals surface area (Å²) in [6, 6.07) is 11.3. The van der Waals surface area contributed by atoms with Crippen molar-refractivity contribution in [3.05, 3.63) is 59.3 Å². The van der Waals surface area contributed by atoms with Gasteiger partial charge in [0, 0.05) is 28.5 Å². The van der Waals surface area contributed by atoms with E-state index in [4.69, 9.17) is 4.52 Å². The van der Waals surface area contributed by atoms with Crippen molar-refractivity contribution in [3.63, 3.8) is 0 Å². The van der Waals surface area contributed by atoms with Crippen LogP contribution in [0, 0.1) is 0 Å². The van der Waals surface area contributed by atoms with E-state index < -0.39 is 10.0 Å². The lowest BCUT2D eigenvalue weighted by molar-refractivity contribution is 0.438. The summed E-state index contributed by atoms with van der Waals surface area (Å²) in [6.45, 7) is 0. The van der Waals surface area contributed by atoms with E-state index >= 15 is 0 Å². The molecule has 3 aromatic rings. The SMILES string of the molecule is O=S(=O)(Nc1cc(-c2ccncc2)no1)c1ccc(Br)cc1. The monoisotopic (exact) mass is 379 g/mol. The van der Waals surface area contributed by atoms with Crippen LogP contribution >= 0.6 is 15.9 Å². The minimum Gasteiger partial charge on any atom is -0.337 e. The summed E-state index contributed by atoms with van der Waals surface area (Å²) in [5.41, 5.74) is 1.31. The van der Waals surface area contributed by atoms with Crippen LogP contribution in [-0.4, -0.2) is 18.6 Å². The number of benzene rings is 1. The van der Waals surface area contributed by atoms with Gasteiger partial charge in [0.1, 0.15) is 5.69 Å². The molecule has 8 heteroatoms. The Bertz CT molecular complexity index is 877. The largest absolute Gasteiger partial charge is 0.337 e. The van der Waals surface area contributed by atoms with Crippen LogP contribution in [0.5, 0.6) is 0 Å². The van der Waals surface area contributed by atoms with Crippen LogP contribution in [0.4, 0.5) is 5.88 Å². The lowest BCUT2D eigenvalue weighted by Gasteiger charge is -2.04. The fourth-order valence-electron chi connectivity index (χ4n) is 1.79. The van der Waals surface area contributed by atoms with Gasteiger partial charge in [0.05, 0.1) is 4.90 Å². The molecule has 0 unspecified atom stereocenters. The van der Waals surface area contributed by atoms with Gasteiger partial charge >= 0.3 is 0 Å². The van der Waals surface area contributed by atoms with Crippen molar-refractivity contribution in [1.29, 1.82) is 0 Å². The van der Waals surface area contributed by atoms with E-state index in [-0.39, 0.29) is 10.8 Å². The summed E-state index contributed by atoms with van der Waals surface area (Å²) in [5, 5.41) is 3.84. The van der Waals surface area contributed by atoms with E-state index in [0.29, 0.717) is 5.69 Å². The van der Waals surface area contributed by atoms with E-state index in [1.807, 2.05) is 0 Å². The van der Waals surface area contributed by atoms with Crippen molar-refractivity contribution in [2.45, 2.75) is 4.90 Å². The average Bonchev–Trinajstić information content (AvgIpc) is 2.96. The first-order valence-corrected chi connectivity index (χ1v) is 8.48. The van der Waals surface area contributed by atoms with Gasteiger partial charge in [-0.15, -0.1) is 0 Å². The Hall–Kier alpha value is -2.19. The standard InChI is InChI=1S/C14H10BrN3O3S/c15-11-1-3-12(4-2-11)22(19,20)18-14-9-13(17-21-14)10-5-7-16-8-6-10/h1-9,18H. The highest BCUT2D eigenvalue weighted by molar-refractivity contribution is 9.10. The highest BCUT2D eigenvalue weighted by atomic mass is 79.9. The van der Waals surface area contributed by atoms with Gasteiger partial charge in [0.2, 0.25) is 5.88 Å². The van der Waals surface area contributed by atoms with Crippen molar-refractivity contribution < 1.29 is 12.9 Å². The van der Waals surface area contributed by atoms with Gasteiger partial charge in [0.25, 0.3) is 10.0 Å². The molecule has 0 aliphatic carbocycles. The quantitative estimate of drug-likeness (QED) is 0.751. The second-order valence-corrected chi connectivity index (χ2v) is 6.97. The molecule has 0 amide bonds. The summed E-state index contributed by atoms with van der Waals surface area (Å²) in [5.74, 6) is 0.0507. The maximum Gasteiger partial charge on any atom is 0.264 e. The van der Waals surface area contributed by atoms with Gasteiger partial charge in [-0.05, 0) is 36.4 Å². The van der Waals surface area contributed by atoms with Gasteiger partial charge in [-0.25, -0.2) is 13.1 Å². The number of hydrogen-bond donors (Lipinski definition) is 1. The molecule has 0 fully saturated rings. The molecule has 0 saturated heterocycles. The minimum absolute atomic E-state index is 0.0507. The van der Waals surface area contributed by atoms with E-state index in [1.54, 1.807) is 36.7 Å². The second-order valence-electron chi connectivity index (χ2n) is 4.37. The predicted molar refractivity (Wildman–Crippen MR) is 84.7 cm³/mol. The Morgan fingerprint density at radius 3 is 2.41 bits per heavy atom. The maximum absolute atomic E-state index is 12.2. The summed E-state index contributed by atoms with van der Waals surface area (Å²) in [7, 11) is -3.72. The van der Waals surface area contributed by atoms with E-state index in [0.717, 1.165) is 10.0 Å². The molecule has 0 atom stereocenters. The zero-order valence-electron chi connectivity index (χ0n) is 11.1. The molecular weight excluding hydrogens is 370 g/mol. The Kier molecular flexibility index (Phi) is 3.95. The zero-order valence-corrected chi connectivity index (χ0v) is 13.5. The molecule has 2 heterocycles. The fourth-order valence-corrected chi connectivity index (χ4v) is 3.02. The Labute approximate surface area is 135 Å². The molecule has 1 aromatic carbocycles. The number of sulfonamides is 1. The molecule has 0 spiro atoms. The molecular formula is C14H10BrN3O3S. The van der Waals surface area contributed by atoms with Gasteiger partial charge in [-0.3, -0.25) is 4.98 Å². The zero-order chi connectivity index (χ0) is 15.6. The predicted octanol–water partition coefficient (Wildman–Crippen LogP) is 3.30. The normalized spacial score (nSPS) is 11.3. The molecule has 112 valence electrons. The number of anilines is 1. The molecule has 3 rings (SSSR count). The first-order chi connectivity index (χ1) is 10.5. The number of aromatic nitrogens is 2. The topological polar surface area (TPSA) is 85.1 Å². The van der Waals surface area contributed by atoms with Crippen molar-refractivity contribution in [2.75, 3.05) is 4.72 Å². The lowest BCUT2D eigenvalue weighted by atomic mass is 10.2. The number of pyridine rings is 1. The fraction of sp³-hybridized carbons (Fsp3) is 0. The first-order valence-electron chi connectivity index (χ1n) is 6.20. The van der Waals surface area contributed by atoms with Crippen molar-refractivity contribution in [1.82, 2.24) is 10.1 Å². The van der Waals surface area contributed by atoms with Gasteiger partial charge in [0.15, 0.2) is 0 Å².